The molecule has 0 aliphatic carbocycles. The van der Waals surface area contributed by atoms with Crippen molar-refractivity contribution in [2.24, 2.45) is 0 Å². The molecule has 76 valence electrons. The lowest BCUT2D eigenvalue weighted by molar-refractivity contribution is -0.115. The zero-order valence-corrected chi connectivity index (χ0v) is 9.23. The minimum Gasteiger partial charge on any atom is -0.367 e. The third-order valence-corrected chi connectivity index (χ3v) is 2.69. The molecule has 6 heteroatoms. The van der Waals surface area contributed by atoms with Crippen LogP contribution < -0.4 is 5.32 Å². The number of nitrogens with zero attached hydrogens (tertiary/aromatic N) is 2. The monoisotopic (exact) mass is 231 g/mol. The molecule has 0 fully saturated rings. The molecule has 1 heterocycles. The molecule has 4 nitrogen and oxygen atoms in total. The summed E-state index contributed by atoms with van der Waals surface area (Å²) in [6.45, 7) is 4.25. The Kier molecular flexibility index (Phi) is 3.91. The highest BCUT2D eigenvalue weighted by Gasteiger charge is 2.02. The molecular formula is C8H10ClN3OS. The van der Waals surface area contributed by atoms with Crippen molar-refractivity contribution in [3.63, 3.8) is 0 Å². The first-order chi connectivity index (χ1) is 6.63. The molecule has 0 spiro atoms. The second-order valence-electron chi connectivity index (χ2n) is 2.60. The maximum Gasteiger partial charge on any atom is 0.214 e. The molecule has 1 N–H and O–H groups in total. The van der Waals surface area contributed by atoms with Crippen molar-refractivity contribution in [3.05, 3.63) is 27.9 Å². The van der Waals surface area contributed by atoms with Crippen molar-refractivity contribution in [3.8, 4) is 0 Å². The van der Waals surface area contributed by atoms with E-state index >= 15 is 0 Å². The van der Waals surface area contributed by atoms with Gasteiger partial charge in [-0.2, -0.15) is 0 Å². The predicted molar refractivity (Wildman–Crippen MR) is 56.9 cm³/mol. The van der Waals surface area contributed by atoms with Crippen molar-refractivity contribution in [1.82, 2.24) is 15.2 Å². The fraction of sp³-hybridized carbons (Fsp3) is 0.250. The Morgan fingerprint density at radius 3 is 3.14 bits per heavy atom. The predicted octanol–water partition coefficient (Wildman–Crippen LogP) is 1.45. The third kappa shape index (κ3) is 3.01. The summed E-state index contributed by atoms with van der Waals surface area (Å²) in [5, 5.41) is 2.97. The number of amides is 1. The first-order valence-electron chi connectivity index (χ1n) is 3.84. The molecule has 0 unspecified atom stereocenters. The van der Waals surface area contributed by atoms with Gasteiger partial charge in [-0.3, -0.25) is 4.79 Å². The van der Waals surface area contributed by atoms with E-state index in [2.05, 4.69) is 16.9 Å². The molecule has 1 amide bonds. The molecule has 0 aromatic carbocycles. The van der Waals surface area contributed by atoms with Crippen LogP contribution in [-0.4, -0.2) is 23.3 Å². The Morgan fingerprint density at radius 2 is 2.64 bits per heavy atom. The van der Waals surface area contributed by atoms with E-state index in [1.54, 1.807) is 13.2 Å². The second kappa shape index (κ2) is 4.97. The zero-order chi connectivity index (χ0) is 10.6. The van der Waals surface area contributed by atoms with Crippen LogP contribution >= 0.6 is 22.9 Å². The summed E-state index contributed by atoms with van der Waals surface area (Å²) in [4.78, 5) is 16.6. The van der Waals surface area contributed by atoms with Gasteiger partial charge in [0.15, 0.2) is 4.47 Å². The lowest BCUT2D eigenvalue weighted by Crippen LogP contribution is -2.25. The summed E-state index contributed by atoms with van der Waals surface area (Å²) < 4.78 is 0.510. The van der Waals surface area contributed by atoms with Crippen LogP contribution in [0.1, 0.15) is 4.88 Å². The number of hydrogen-bond acceptors (Lipinski definition) is 4. The Morgan fingerprint density at radius 1 is 1.93 bits per heavy atom. The first-order valence-corrected chi connectivity index (χ1v) is 5.04. The van der Waals surface area contributed by atoms with E-state index in [0.717, 1.165) is 4.88 Å². The van der Waals surface area contributed by atoms with Gasteiger partial charge in [0.1, 0.15) is 5.82 Å². The van der Waals surface area contributed by atoms with Gasteiger partial charge < -0.3 is 10.2 Å². The Balaban J connectivity index is 2.41. The second-order valence-corrected chi connectivity index (χ2v) is 4.29. The maximum absolute atomic E-state index is 10.4. The third-order valence-electron chi connectivity index (χ3n) is 1.58. The summed E-state index contributed by atoms with van der Waals surface area (Å²) in [7, 11) is 1.63. The molecule has 1 aromatic heterocycles. The number of carbonyl (C=O) groups excluding carboxylic acids is 1. The molecule has 0 saturated heterocycles. The molecule has 0 atom stereocenters. The van der Waals surface area contributed by atoms with Gasteiger partial charge in [0.2, 0.25) is 6.41 Å². The van der Waals surface area contributed by atoms with E-state index in [9.17, 15) is 4.79 Å². The van der Waals surface area contributed by atoms with Gasteiger partial charge in [0.25, 0.3) is 0 Å². The highest BCUT2D eigenvalue weighted by atomic mass is 35.5. The number of rotatable bonds is 5. The summed E-state index contributed by atoms with van der Waals surface area (Å²) >= 11 is 7.05. The molecule has 0 saturated carbocycles. The van der Waals surface area contributed by atoms with Crippen LogP contribution in [0.25, 0.3) is 0 Å². The van der Waals surface area contributed by atoms with E-state index in [4.69, 9.17) is 11.6 Å². The van der Waals surface area contributed by atoms with Crippen LogP contribution in [0.5, 0.6) is 0 Å². The van der Waals surface area contributed by atoms with Crippen molar-refractivity contribution >= 4 is 29.3 Å². The summed E-state index contributed by atoms with van der Waals surface area (Å²) in [5.74, 6) is 0.546. The fourth-order valence-electron chi connectivity index (χ4n) is 0.743. The molecule has 1 rings (SSSR count). The Bertz CT molecular complexity index is 339. The lowest BCUT2D eigenvalue weighted by atomic mass is 10.5. The first kappa shape index (κ1) is 11.0. The number of aromatic nitrogens is 1. The topological polar surface area (TPSA) is 45.2 Å². The Hall–Kier alpha value is -1.07. The molecule has 1 aromatic rings. The zero-order valence-electron chi connectivity index (χ0n) is 7.66. The smallest absolute Gasteiger partial charge is 0.214 e. The highest BCUT2D eigenvalue weighted by Crippen LogP contribution is 2.17. The largest absolute Gasteiger partial charge is 0.367 e. The van der Waals surface area contributed by atoms with E-state index < -0.39 is 0 Å². The SMILES string of the molecule is C=C(NCc1cnc(Cl)s1)N(C)C=O. The van der Waals surface area contributed by atoms with Crippen molar-refractivity contribution < 1.29 is 4.79 Å². The van der Waals surface area contributed by atoms with Gasteiger partial charge in [-0.25, -0.2) is 4.98 Å². The van der Waals surface area contributed by atoms with Gasteiger partial charge in [-0.15, -0.1) is 11.3 Å². The summed E-state index contributed by atoms with van der Waals surface area (Å²) in [6, 6.07) is 0. The van der Waals surface area contributed by atoms with Crippen molar-refractivity contribution in [2.45, 2.75) is 6.54 Å². The highest BCUT2D eigenvalue weighted by molar-refractivity contribution is 7.15. The van der Waals surface area contributed by atoms with Crippen LogP contribution in [-0.2, 0) is 11.3 Å². The maximum atomic E-state index is 10.4. The van der Waals surface area contributed by atoms with E-state index in [0.29, 0.717) is 23.2 Å². The number of nitrogens with one attached hydrogen (secondary N) is 1. The minimum atomic E-state index is 0.510. The van der Waals surface area contributed by atoms with Gasteiger partial charge in [0, 0.05) is 18.1 Å². The van der Waals surface area contributed by atoms with Gasteiger partial charge in [-0.1, -0.05) is 18.2 Å². The summed E-state index contributed by atoms with van der Waals surface area (Å²) in [5.41, 5.74) is 0. The molecule has 0 bridgehead atoms. The van der Waals surface area contributed by atoms with E-state index in [1.807, 2.05) is 0 Å². The fourth-order valence-corrected chi connectivity index (χ4v) is 1.66. The van der Waals surface area contributed by atoms with Crippen LogP contribution in [0.2, 0.25) is 4.47 Å². The molecule has 0 aliphatic heterocycles. The molecular weight excluding hydrogens is 222 g/mol. The van der Waals surface area contributed by atoms with Crippen LogP contribution in [0, 0.1) is 0 Å². The normalized spacial score (nSPS) is 9.57. The standard InChI is InChI=1S/C8H10ClN3OS/c1-6(12(2)5-13)10-3-7-4-11-8(9)14-7/h4-5,10H,1,3H2,2H3. The molecule has 0 aliphatic rings. The van der Waals surface area contributed by atoms with Gasteiger partial charge >= 0.3 is 0 Å². The Labute approximate surface area is 91.2 Å². The van der Waals surface area contributed by atoms with Gasteiger partial charge in [-0.05, 0) is 0 Å². The number of carbonyl (C=O) groups is 1. The average Bonchev–Trinajstić information content (AvgIpc) is 2.59. The number of halogens is 1. The van der Waals surface area contributed by atoms with Crippen LogP contribution in [0.4, 0.5) is 0 Å². The van der Waals surface area contributed by atoms with Crippen LogP contribution in [0.3, 0.4) is 0 Å². The summed E-state index contributed by atoms with van der Waals surface area (Å²) in [6.07, 6.45) is 2.38. The minimum absolute atomic E-state index is 0.510. The van der Waals surface area contributed by atoms with Crippen LogP contribution in [0.15, 0.2) is 18.6 Å². The van der Waals surface area contributed by atoms with Crippen molar-refractivity contribution in [1.29, 1.82) is 0 Å². The average molecular weight is 232 g/mol. The number of thiazole rings is 1. The number of hydrogen-bond donors (Lipinski definition) is 1. The van der Waals surface area contributed by atoms with Crippen molar-refractivity contribution in [2.75, 3.05) is 7.05 Å². The lowest BCUT2D eigenvalue weighted by Gasteiger charge is -2.14. The quantitative estimate of drug-likeness (QED) is 0.781. The van der Waals surface area contributed by atoms with E-state index in [1.165, 1.54) is 16.2 Å². The molecule has 0 radical (unpaired) electrons. The van der Waals surface area contributed by atoms with Gasteiger partial charge in [0.05, 0.1) is 6.54 Å². The molecule has 14 heavy (non-hydrogen) atoms. The van der Waals surface area contributed by atoms with E-state index in [-0.39, 0.29) is 0 Å².